The second-order valence-corrected chi connectivity index (χ2v) is 6.01. The first-order chi connectivity index (χ1) is 10.9. The Bertz CT molecular complexity index is 597. The van der Waals surface area contributed by atoms with E-state index in [9.17, 15) is 14.4 Å². The number of rotatable bonds is 7. The standard InChI is InChI=1S/C17H22N2O4/c1-3-8-19(10-15(20)21)17(23)12-4-6-13(7-5-12)18-16(22)14-9-11(14)2/h4-7,11,14H,3,8-10H2,1-2H3,(H,18,22)(H,20,21)/t11-,14-/m0/s1. The van der Waals surface area contributed by atoms with Crippen molar-refractivity contribution in [2.45, 2.75) is 26.7 Å². The molecule has 6 heteroatoms. The number of hydrogen-bond acceptors (Lipinski definition) is 3. The summed E-state index contributed by atoms with van der Waals surface area (Å²) in [5.74, 6) is -0.811. The Morgan fingerprint density at radius 2 is 1.87 bits per heavy atom. The highest BCUT2D eigenvalue weighted by molar-refractivity contribution is 5.97. The Labute approximate surface area is 135 Å². The van der Waals surface area contributed by atoms with Crippen LogP contribution in [0.15, 0.2) is 24.3 Å². The molecule has 1 saturated carbocycles. The number of amides is 2. The summed E-state index contributed by atoms with van der Waals surface area (Å²) >= 11 is 0. The van der Waals surface area contributed by atoms with Gasteiger partial charge in [-0.25, -0.2) is 0 Å². The van der Waals surface area contributed by atoms with E-state index < -0.39 is 5.97 Å². The van der Waals surface area contributed by atoms with Crippen molar-refractivity contribution in [3.05, 3.63) is 29.8 Å². The van der Waals surface area contributed by atoms with Crippen LogP contribution in [0.4, 0.5) is 5.69 Å². The molecule has 0 aliphatic heterocycles. The van der Waals surface area contributed by atoms with Gasteiger partial charge in [-0.1, -0.05) is 13.8 Å². The lowest BCUT2D eigenvalue weighted by molar-refractivity contribution is -0.137. The van der Waals surface area contributed by atoms with Gasteiger partial charge in [-0.2, -0.15) is 0 Å². The molecule has 1 aliphatic rings. The van der Waals surface area contributed by atoms with Gasteiger partial charge < -0.3 is 15.3 Å². The molecular formula is C17H22N2O4. The minimum atomic E-state index is -1.03. The lowest BCUT2D eigenvalue weighted by Gasteiger charge is -2.20. The zero-order valence-electron chi connectivity index (χ0n) is 13.4. The number of nitrogens with zero attached hydrogens (tertiary/aromatic N) is 1. The predicted molar refractivity (Wildman–Crippen MR) is 86.2 cm³/mol. The average molecular weight is 318 g/mol. The molecule has 0 bridgehead atoms. The zero-order valence-corrected chi connectivity index (χ0v) is 13.4. The molecular weight excluding hydrogens is 296 g/mol. The third-order valence-electron chi connectivity index (χ3n) is 3.95. The monoisotopic (exact) mass is 318 g/mol. The fraction of sp³-hybridized carbons (Fsp3) is 0.471. The van der Waals surface area contributed by atoms with Crippen LogP contribution in [0.1, 0.15) is 37.0 Å². The van der Waals surface area contributed by atoms with E-state index in [1.54, 1.807) is 24.3 Å². The van der Waals surface area contributed by atoms with Crippen molar-refractivity contribution in [2.24, 2.45) is 11.8 Å². The number of carboxylic acids is 1. The van der Waals surface area contributed by atoms with Gasteiger partial charge in [0.1, 0.15) is 6.54 Å². The maximum absolute atomic E-state index is 12.3. The molecule has 2 amide bonds. The first kappa shape index (κ1) is 17.0. The molecule has 2 N–H and O–H groups in total. The van der Waals surface area contributed by atoms with E-state index in [-0.39, 0.29) is 24.3 Å². The van der Waals surface area contributed by atoms with Crippen molar-refractivity contribution < 1.29 is 19.5 Å². The van der Waals surface area contributed by atoms with E-state index in [0.717, 1.165) is 6.42 Å². The third-order valence-corrected chi connectivity index (χ3v) is 3.95. The lowest BCUT2D eigenvalue weighted by atomic mass is 10.1. The Morgan fingerprint density at radius 3 is 2.35 bits per heavy atom. The highest BCUT2D eigenvalue weighted by Gasteiger charge is 2.39. The molecule has 0 heterocycles. The average Bonchev–Trinajstić information content (AvgIpc) is 3.23. The molecule has 0 unspecified atom stereocenters. The normalized spacial score (nSPS) is 19.0. The zero-order chi connectivity index (χ0) is 17.0. The number of anilines is 1. The number of benzene rings is 1. The van der Waals surface area contributed by atoms with Gasteiger partial charge in [-0.3, -0.25) is 14.4 Å². The highest BCUT2D eigenvalue weighted by atomic mass is 16.4. The van der Waals surface area contributed by atoms with Gasteiger partial charge in [0.25, 0.3) is 5.91 Å². The van der Waals surface area contributed by atoms with E-state index in [1.165, 1.54) is 4.90 Å². The molecule has 2 atom stereocenters. The van der Waals surface area contributed by atoms with Crippen LogP contribution in [0, 0.1) is 11.8 Å². The van der Waals surface area contributed by atoms with Crippen molar-refractivity contribution in [1.82, 2.24) is 4.90 Å². The predicted octanol–water partition coefficient (Wildman–Crippen LogP) is 2.22. The van der Waals surface area contributed by atoms with Crippen LogP contribution in [-0.4, -0.2) is 40.9 Å². The van der Waals surface area contributed by atoms with Gasteiger partial charge in [-0.05, 0) is 43.0 Å². The van der Waals surface area contributed by atoms with Crippen LogP contribution in [0.25, 0.3) is 0 Å². The summed E-state index contributed by atoms with van der Waals surface area (Å²) in [5.41, 5.74) is 1.06. The summed E-state index contributed by atoms with van der Waals surface area (Å²) in [6, 6.07) is 6.56. The number of carboxylic acid groups (broad SMARTS) is 1. The molecule has 0 aromatic heterocycles. The third kappa shape index (κ3) is 4.55. The molecule has 124 valence electrons. The van der Waals surface area contributed by atoms with E-state index in [0.29, 0.717) is 30.1 Å². The molecule has 2 rings (SSSR count). The van der Waals surface area contributed by atoms with E-state index in [4.69, 9.17) is 5.11 Å². The second kappa shape index (κ2) is 7.26. The molecule has 0 spiro atoms. The number of carbonyl (C=O) groups is 3. The van der Waals surface area contributed by atoms with Gasteiger partial charge in [0.05, 0.1) is 0 Å². The topological polar surface area (TPSA) is 86.7 Å². The quantitative estimate of drug-likeness (QED) is 0.807. The number of aliphatic carboxylic acids is 1. The Morgan fingerprint density at radius 1 is 1.26 bits per heavy atom. The second-order valence-electron chi connectivity index (χ2n) is 6.01. The summed E-state index contributed by atoms with van der Waals surface area (Å²) in [5, 5.41) is 11.7. The molecule has 1 aromatic carbocycles. The van der Waals surface area contributed by atoms with Crippen molar-refractivity contribution in [3.8, 4) is 0 Å². The minimum Gasteiger partial charge on any atom is -0.480 e. The van der Waals surface area contributed by atoms with Gasteiger partial charge in [0, 0.05) is 23.7 Å². The Kier molecular flexibility index (Phi) is 5.36. The molecule has 0 saturated heterocycles. The minimum absolute atomic E-state index is 0.00932. The number of hydrogen-bond donors (Lipinski definition) is 2. The maximum Gasteiger partial charge on any atom is 0.323 e. The van der Waals surface area contributed by atoms with E-state index >= 15 is 0 Å². The molecule has 1 aliphatic carbocycles. The van der Waals surface area contributed by atoms with Crippen LogP contribution in [-0.2, 0) is 9.59 Å². The maximum atomic E-state index is 12.3. The van der Waals surface area contributed by atoms with Crippen LogP contribution >= 0.6 is 0 Å². The number of carbonyl (C=O) groups excluding carboxylic acids is 2. The Balaban J connectivity index is 2.00. The fourth-order valence-corrected chi connectivity index (χ4v) is 2.49. The van der Waals surface area contributed by atoms with Crippen LogP contribution < -0.4 is 5.32 Å². The van der Waals surface area contributed by atoms with E-state index in [1.807, 2.05) is 13.8 Å². The van der Waals surface area contributed by atoms with Gasteiger partial charge in [-0.15, -0.1) is 0 Å². The van der Waals surface area contributed by atoms with Crippen molar-refractivity contribution >= 4 is 23.5 Å². The molecule has 6 nitrogen and oxygen atoms in total. The number of nitrogens with one attached hydrogen (secondary N) is 1. The van der Waals surface area contributed by atoms with Crippen molar-refractivity contribution in [1.29, 1.82) is 0 Å². The SMILES string of the molecule is CCCN(CC(=O)O)C(=O)c1ccc(NC(=O)[C@H]2C[C@@H]2C)cc1. The highest BCUT2D eigenvalue weighted by Crippen LogP contribution is 2.38. The summed E-state index contributed by atoms with van der Waals surface area (Å²) in [6.45, 7) is 4.00. The first-order valence-corrected chi connectivity index (χ1v) is 7.84. The Hall–Kier alpha value is -2.37. The van der Waals surface area contributed by atoms with Crippen LogP contribution in [0.5, 0.6) is 0 Å². The lowest BCUT2D eigenvalue weighted by Crippen LogP contribution is -2.36. The smallest absolute Gasteiger partial charge is 0.323 e. The summed E-state index contributed by atoms with van der Waals surface area (Å²) in [4.78, 5) is 36.4. The molecule has 23 heavy (non-hydrogen) atoms. The summed E-state index contributed by atoms with van der Waals surface area (Å²) in [6.07, 6.45) is 1.61. The van der Waals surface area contributed by atoms with Gasteiger partial charge in [0.2, 0.25) is 5.91 Å². The summed E-state index contributed by atoms with van der Waals surface area (Å²) in [7, 11) is 0. The largest absolute Gasteiger partial charge is 0.480 e. The fourth-order valence-electron chi connectivity index (χ4n) is 2.49. The summed E-state index contributed by atoms with van der Waals surface area (Å²) < 4.78 is 0. The van der Waals surface area contributed by atoms with Gasteiger partial charge >= 0.3 is 5.97 Å². The van der Waals surface area contributed by atoms with Crippen LogP contribution in [0.2, 0.25) is 0 Å². The van der Waals surface area contributed by atoms with E-state index in [2.05, 4.69) is 5.32 Å². The van der Waals surface area contributed by atoms with Crippen molar-refractivity contribution in [3.63, 3.8) is 0 Å². The molecule has 0 radical (unpaired) electrons. The molecule has 1 aromatic rings. The first-order valence-electron chi connectivity index (χ1n) is 7.84. The molecule has 1 fully saturated rings. The van der Waals surface area contributed by atoms with Crippen LogP contribution in [0.3, 0.4) is 0 Å². The van der Waals surface area contributed by atoms with Gasteiger partial charge in [0.15, 0.2) is 0 Å². The van der Waals surface area contributed by atoms with Crippen molar-refractivity contribution in [2.75, 3.05) is 18.4 Å².